The maximum atomic E-state index is 12.0. The molecule has 1 atom stereocenters. The van der Waals surface area contributed by atoms with E-state index in [-0.39, 0.29) is 12.4 Å². The van der Waals surface area contributed by atoms with Gasteiger partial charge in [-0.2, -0.15) is 5.26 Å². The van der Waals surface area contributed by atoms with Crippen LogP contribution in [-0.4, -0.2) is 18.0 Å². The van der Waals surface area contributed by atoms with Crippen LogP contribution in [0.1, 0.15) is 30.2 Å². The summed E-state index contributed by atoms with van der Waals surface area (Å²) in [6, 6.07) is 12.6. The second kappa shape index (κ2) is 8.85. The summed E-state index contributed by atoms with van der Waals surface area (Å²) in [5.41, 5.74) is 0.950. The lowest BCUT2D eigenvalue weighted by atomic mass is 10.2. The van der Waals surface area contributed by atoms with E-state index < -0.39 is 12.0 Å². The summed E-state index contributed by atoms with van der Waals surface area (Å²) in [7, 11) is 0. The Morgan fingerprint density at radius 1 is 1.33 bits per heavy atom. The molecule has 0 spiro atoms. The number of esters is 1. The minimum Gasteiger partial charge on any atom is -0.453 e. The Hall–Kier alpha value is -2.65. The van der Waals surface area contributed by atoms with Crippen LogP contribution in [0.4, 0.5) is 5.69 Å². The number of nitrogens with one attached hydrogen (secondary N) is 1. The first kappa shape index (κ1) is 17.7. The highest BCUT2D eigenvalue weighted by Crippen LogP contribution is 2.13. The average Bonchev–Trinajstić information content (AvgIpc) is 3.08. The molecular weight excluding hydrogens is 324 g/mol. The summed E-state index contributed by atoms with van der Waals surface area (Å²) in [6.07, 6.45) is 0.913. The van der Waals surface area contributed by atoms with Crippen LogP contribution in [0.15, 0.2) is 41.8 Å². The third-order valence-corrected chi connectivity index (χ3v) is 4.26. The van der Waals surface area contributed by atoms with E-state index in [0.29, 0.717) is 17.7 Å². The maximum absolute atomic E-state index is 12.0. The Labute approximate surface area is 144 Å². The van der Waals surface area contributed by atoms with Gasteiger partial charge in [0.2, 0.25) is 0 Å². The van der Waals surface area contributed by atoms with E-state index in [1.807, 2.05) is 23.6 Å². The molecule has 2 rings (SSSR count). The molecular formula is C18H18N2O3S. The van der Waals surface area contributed by atoms with Crippen LogP contribution in [0.25, 0.3) is 0 Å². The Morgan fingerprint density at radius 3 is 2.88 bits per heavy atom. The largest absolute Gasteiger partial charge is 0.453 e. The number of carbonyl (C=O) groups is 2. The molecule has 124 valence electrons. The fourth-order valence-corrected chi connectivity index (χ4v) is 2.83. The second-order valence-corrected chi connectivity index (χ2v) is 6.28. The highest BCUT2D eigenvalue weighted by Gasteiger charge is 2.17. The van der Waals surface area contributed by atoms with Crippen molar-refractivity contribution in [2.45, 2.75) is 32.3 Å². The zero-order valence-electron chi connectivity index (χ0n) is 13.3. The van der Waals surface area contributed by atoms with Gasteiger partial charge in [0.1, 0.15) is 0 Å². The van der Waals surface area contributed by atoms with E-state index >= 15 is 0 Å². The van der Waals surface area contributed by atoms with Gasteiger partial charge in [0, 0.05) is 17.0 Å². The molecule has 0 bridgehead atoms. The van der Waals surface area contributed by atoms with Crippen molar-refractivity contribution in [1.29, 1.82) is 5.26 Å². The first-order valence-corrected chi connectivity index (χ1v) is 8.49. The van der Waals surface area contributed by atoms with Gasteiger partial charge in [-0.3, -0.25) is 9.59 Å². The van der Waals surface area contributed by atoms with Gasteiger partial charge in [-0.1, -0.05) is 12.1 Å². The number of benzene rings is 1. The number of anilines is 1. The molecule has 0 aliphatic heterocycles. The van der Waals surface area contributed by atoms with Crippen molar-refractivity contribution < 1.29 is 14.3 Å². The Bertz CT molecular complexity index is 735. The van der Waals surface area contributed by atoms with Crippen LogP contribution in [0, 0.1) is 11.3 Å². The number of aryl methyl sites for hydroxylation is 1. The Balaban J connectivity index is 1.76. The van der Waals surface area contributed by atoms with Crippen LogP contribution < -0.4 is 5.32 Å². The lowest BCUT2D eigenvalue weighted by Gasteiger charge is -2.13. The summed E-state index contributed by atoms with van der Waals surface area (Å²) in [4.78, 5) is 25.1. The van der Waals surface area contributed by atoms with Gasteiger partial charge >= 0.3 is 5.97 Å². The van der Waals surface area contributed by atoms with Crippen molar-refractivity contribution in [3.8, 4) is 6.07 Å². The van der Waals surface area contributed by atoms with Crippen LogP contribution in [0.3, 0.4) is 0 Å². The predicted octanol–water partition coefficient (Wildman–Crippen LogP) is 3.51. The van der Waals surface area contributed by atoms with E-state index in [1.165, 1.54) is 11.8 Å². The van der Waals surface area contributed by atoms with Crippen molar-refractivity contribution in [3.05, 3.63) is 52.2 Å². The maximum Gasteiger partial charge on any atom is 0.306 e. The standard InChI is InChI=1S/C18H18N2O3S/c1-13(18(22)20-15-6-2-5-14(11-15)12-19)23-17(21)9-3-7-16-8-4-10-24-16/h2,4-6,8,10-11,13H,3,7,9H2,1H3,(H,20,22)/t13-/m1/s1. The normalized spacial score (nSPS) is 11.3. The summed E-state index contributed by atoms with van der Waals surface area (Å²) < 4.78 is 5.15. The van der Waals surface area contributed by atoms with E-state index in [4.69, 9.17) is 10.00 Å². The molecule has 1 amide bonds. The lowest BCUT2D eigenvalue weighted by Crippen LogP contribution is -2.29. The molecule has 5 nitrogen and oxygen atoms in total. The van der Waals surface area contributed by atoms with Gasteiger partial charge in [0.25, 0.3) is 5.91 Å². The monoisotopic (exact) mass is 342 g/mol. The van der Waals surface area contributed by atoms with Crippen molar-refractivity contribution in [1.82, 2.24) is 0 Å². The number of amides is 1. The molecule has 1 N–H and O–H groups in total. The predicted molar refractivity (Wildman–Crippen MR) is 92.6 cm³/mol. The number of thiophene rings is 1. The third kappa shape index (κ3) is 5.52. The number of nitriles is 1. The van der Waals surface area contributed by atoms with E-state index in [0.717, 1.165) is 6.42 Å². The van der Waals surface area contributed by atoms with Gasteiger partial charge in [-0.25, -0.2) is 0 Å². The van der Waals surface area contributed by atoms with E-state index in [9.17, 15) is 9.59 Å². The molecule has 6 heteroatoms. The molecule has 0 radical (unpaired) electrons. The molecule has 0 aliphatic carbocycles. The number of carbonyl (C=O) groups excluding carboxylic acids is 2. The highest BCUT2D eigenvalue weighted by atomic mass is 32.1. The lowest BCUT2D eigenvalue weighted by molar-refractivity contribution is -0.153. The molecule has 24 heavy (non-hydrogen) atoms. The fourth-order valence-electron chi connectivity index (χ4n) is 2.08. The zero-order valence-corrected chi connectivity index (χ0v) is 14.1. The molecule has 1 aromatic heterocycles. The second-order valence-electron chi connectivity index (χ2n) is 5.25. The third-order valence-electron chi connectivity index (χ3n) is 3.32. The molecule has 2 aromatic rings. The summed E-state index contributed by atoms with van der Waals surface area (Å²) >= 11 is 1.66. The number of hydrogen-bond donors (Lipinski definition) is 1. The van der Waals surface area contributed by atoms with Crippen molar-refractivity contribution >= 4 is 28.9 Å². The van der Waals surface area contributed by atoms with Gasteiger partial charge < -0.3 is 10.1 Å². The van der Waals surface area contributed by atoms with E-state index in [2.05, 4.69) is 5.32 Å². The number of rotatable bonds is 7. The fraction of sp³-hybridized carbons (Fsp3) is 0.278. The summed E-state index contributed by atoms with van der Waals surface area (Å²) in [6.45, 7) is 1.53. The highest BCUT2D eigenvalue weighted by molar-refractivity contribution is 7.09. The smallest absolute Gasteiger partial charge is 0.306 e. The first-order valence-electron chi connectivity index (χ1n) is 7.61. The van der Waals surface area contributed by atoms with Gasteiger partial charge in [-0.15, -0.1) is 11.3 Å². The van der Waals surface area contributed by atoms with Gasteiger partial charge in [-0.05, 0) is 49.4 Å². The minimum absolute atomic E-state index is 0.277. The topological polar surface area (TPSA) is 79.2 Å². The Kier molecular flexibility index (Phi) is 6.52. The number of hydrogen-bond acceptors (Lipinski definition) is 5. The van der Waals surface area contributed by atoms with Gasteiger partial charge in [0.05, 0.1) is 11.6 Å². The Morgan fingerprint density at radius 2 is 2.17 bits per heavy atom. The summed E-state index contributed by atoms with van der Waals surface area (Å²) in [5, 5.41) is 13.5. The molecule has 0 aliphatic rings. The van der Waals surface area contributed by atoms with Crippen LogP contribution in [0.5, 0.6) is 0 Å². The quantitative estimate of drug-likeness (QED) is 0.781. The molecule has 0 saturated heterocycles. The van der Waals surface area contributed by atoms with E-state index in [1.54, 1.807) is 35.6 Å². The van der Waals surface area contributed by atoms with Crippen molar-refractivity contribution in [3.63, 3.8) is 0 Å². The van der Waals surface area contributed by atoms with Crippen LogP contribution >= 0.6 is 11.3 Å². The van der Waals surface area contributed by atoms with Crippen LogP contribution in [-0.2, 0) is 20.7 Å². The van der Waals surface area contributed by atoms with Gasteiger partial charge in [0.15, 0.2) is 6.10 Å². The summed E-state index contributed by atoms with van der Waals surface area (Å²) in [5.74, 6) is -0.809. The molecule has 1 aromatic carbocycles. The SMILES string of the molecule is C[C@@H](OC(=O)CCCc1cccs1)C(=O)Nc1cccc(C#N)c1. The molecule has 0 saturated carbocycles. The minimum atomic E-state index is -0.884. The van der Waals surface area contributed by atoms with Crippen molar-refractivity contribution in [2.75, 3.05) is 5.32 Å². The molecule has 1 heterocycles. The average molecular weight is 342 g/mol. The van der Waals surface area contributed by atoms with Crippen LogP contribution in [0.2, 0.25) is 0 Å². The zero-order chi connectivity index (χ0) is 17.4. The number of nitrogens with zero attached hydrogens (tertiary/aromatic N) is 1. The number of ether oxygens (including phenoxy) is 1. The first-order chi connectivity index (χ1) is 11.6. The van der Waals surface area contributed by atoms with Crippen molar-refractivity contribution in [2.24, 2.45) is 0 Å². The molecule has 0 unspecified atom stereocenters. The molecule has 0 fully saturated rings.